The highest BCUT2D eigenvalue weighted by molar-refractivity contribution is 6.33. The molecule has 6 nitrogen and oxygen atoms in total. The fourth-order valence-corrected chi connectivity index (χ4v) is 4.63. The number of nitrogens with zero attached hydrogens (tertiary/aromatic N) is 4. The fraction of sp³-hybridized carbons (Fsp3) is 0.280. The summed E-state index contributed by atoms with van der Waals surface area (Å²) in [7, 11) is 4.34. The van der Waals surface area contributed by atoms with Crippen LogP contribution in [0.4, 0.5) is 17.3 Å². The molecule has 0 amide bonds. The second-order valence-corrected chi connectivity index (χ2v) is 8.90. The maximum atomic E-state index is 6.47. The van der Waals surface area contributed by atoms with Crippen molar-refractivity contribution in [3.63, 3.8) is 0 Å². The molecule has 0 atom stereocenters. The van der Waals surface area contributed by atoms with Gasteiger partial charge in [0.15, 0.2) is 0 Å². The van der Waals surface area contributed by atoms with Crippen LogP contribution in [0.2, 0.25) is 5.02 Å². The third-order valence-electron chi connectivity index (χ3n) is 6.25. The summed E-state index contributed by atoms with van der Waals surface area (Å²) >= 11 is 6.47. The highest BCUT2D eigenvalue weighted by atomic mass is 35.5. The van der Waals surface area contributed by atoms with Crippen molar-refractivity contribution >= 4 is 39.8 Å². The van der Waals surface area contributed by atoms with Gasteiger partial charge in [0, 0.05) is 53.2 Å². The molecule has 2 N–H and O–H groups in total. The molecule has 0 radical (unpaired) electrons. The van der Waals surface area contributed by atoms with Crippen molar-refractivity contribution in [1.29, 1.82) is 0 Å². The Hall–Kier alpha value is -3.09. The number of aromatic nitrogens is 3. The monoisotopic (exact) mass is 446 g/mol. The lowest BCUT2D eigenvalue weighted by molar-refractivity contribution is 0.249. The number of fused-ring (bicyclic) bond motifs is 1. The smallest absolute Gasteiger partial charge is 0.227 e. The number of aromatic amines is 1. The third-order valence-corrected chi connectivity index (χ3v) is 6.53. The summed E-state index contributed by atoms with van der Waals surface area (Å²) in [5, 5.41) is 4.97. The Balaban J connectivity index is 1.37. The fourth-order valence-electron chi connectivity index (χ4n) is 4.43. The zero-order chi connectivity index (χ0) is 22.1. The molecule has 3 heterocycles. The van der Waals surface area contributed by atoms with Crippen molar-refractivity contribution in [2.24, 2.45) is 0 Å². The average molecular weight is 447 g/mol. The molecule has 0 saturated carbocycles. The summed E-state index contributed by atoms with van der Waals surface area (Å²) in [5.74, 6) is 0.526. The number of benzene rings is 2. The third kappa shape index (κ3) is 4.16. The van der Waals surface area contributed by atoms with Crippen LogP contribution in [-0.4, -0.2) is 53.1 Å². The molecule has 0 aliphatic carbocycles. The molecular formula is C25H27ClN6. The molecule has 1 saturated heterocycles. The van der Waals surface area contributed by atoms with Crippen molar-refractivity contribution in [1.82, 2.24) is 19.9 Å². The Kier molecular flexibility index (Phi) is 5.72. The Bertz CT molecular complexity index is 1230. The van der Waals surface area contributed by atoms with Crippen LogP contribution in [0.3, 0.4) is 0 Å². The first kappa shape index (κ1) is 20.8. The van der Waals surface area contributed by atoms with Gasteiger partial charge in [-0.15, -0.1) is 0 Å². The number of halogens is 1. The highest BCUT2D eigenvalue weighted by Gasteiger charge is 2.21. The van der Waals surface area contributed by atoms with Gasteiger partial charge in [-0.1, -0.05) is 35.9 Å². The van der Waals surface area contributed by atoms with Crippen LogP contribution in [0.15, 0.2) is 60.9 Å². The Morgan fingerprint density at radius 1 is 1.09 bits per heavy atom. The van der Waals surface area contributed by atoms with E-state index in [2.05, 4.69) is 63.4 Å². The van der Waals surface area contributed by atoms with E-state index in [0.29, 0.717) is 22.7 Å². The molecule has 5 rings (SSSR count). The van der Waals surface area contributed by atoms with Crippen molar-refractivity contribution in [2.75, 3.05) is 37.4 Å². The first-order chi connectivity index (χ1) is 15.6. The van der Waals surface area contributed by atoms with Crippen molar-refractivity contribution in [2.45, 2.75) is 18.9 Å². The van der Waals surface area contributed by atoms with Gasteiger partial charge < -0.3 is 20.1 Å². The summed E-state index contributed by atoms with van der Waals surface area (Å²) in [6, 6.07) is 17.2. The van der Waals surface area contributed by atoms with Crippen LogP contribution in [-0.2, 0) is 0 Å². The number of rotatable bonds is 5. The van der Waals surface area contributed by atoms with E-state index in [-0.39, 0.29) is 0 Å². The minimum absolute atomic E-state index is 0.526. The van der Waals surface area contributed by atoms with Gasteiger partial charge in [-0.2, -0.15) is 0 Å². The van der Waals surface area contributed by atoms with E-state index < -0.39 is 0 Å². The van der Waals surface area contributed by atoms with Crippen LogP contribution < -0.4 is 10.2 Å². The molecule has 0 unspecified atom stereocenters. The quantitative estimate of drug-likeness (QED) is 0.420. The van der Waals surface area contributed by atoms with E-state index in [4.69, 9.17) is 16.6 Å². The van der Waals surface area contributed by atoms with Gasteiger partial charge in [-0.25, -0.2) is 9.97 Å². The maximum absolute atomic E-state index is 6.47. The summed E-state index contributed by atoms with van der Waals surface area (Å²) in [6.07, 6.45) is 5.96. The summed E-state index contributed by atoms with van der Waals surface area (Å²) in [4.78, 5) is 17.2. The molecule has 0 bridgehead atoms. The SMILES string of the molecule is CN(C)C1CCN(c2cccc(Nc3ncc(Cl)c(-c4c[nH]c5ccccc45)n3)c2)CC1. The molecule has 32 heavy (non-hydrogen) atoms. The lowest BCUT2D eigenvalue weighted by Crippen LogP contribution is -2.41. The van der Waals surface area contributed by atoms with E-state index in [1.165, 1.54) is 18.5 Å². The predicted octanol–water partition coefficient (Wildman–Crippen LogP) is 5.55. The second-order valence-electron chi connectivity index (χ2n) is 8.50. The maximum Gasteiger partial charge on any atom is 0.227 e. The summed E-state index contributed by atoms with van der Waals surface area (Å²) in [6.45, 7) is 2.13. The number of anilines is 3. The van der Waals surface area contributed by atoms with Gasteiger partial charge in [0.2, 0.25) is 5.95 Å². The molecule has 2 aromatic heterocycles. The van der Waals surface area contributed by atoms with Crippen molar-refractivity contribution in [3.8, 4) is 11.3 Å². The molecule has 1 fully saturated rings. The van der Waals surface area contributed by atoms with Crippen molar-refractivity contribution < 1.29 is 0 Å². The number of piperidine rings is 1. The minimum Gasteiger partial charge on any atom is -0.371 e. The van der Waals surface area contributed by atoms with E-state index in [1.54, 1.807) is 6.20 Å². The summed E-state index contributed by atoms with van der Waals surface area (Å²) in [5.41, 5.74) is 4.91. The minimum atomic E-state index is 0.526. The largest absolute Gasteiger partial charge is 0.371 e. The number of para-hydroxylation sites is 1. The molecule has 2 aromatic carbocycles. The Morgan fingerprint density at radius 2 is 1.91 bits per heavy atom. The second kappa shape index (κ2) is 8.81. The zero-order valence-electron chi connectivity index (χ0n) is 18.3. The van der Waals surface area contributed by atoms with Crippen LogP contribution in [0, 0.1) is 0 Å². The van der Waals surface area contributed by atoms with Crippen LogP contribution in [0.1, 0.15) is 12.8 Å². The first-order valence-electron chi connectivity index (χ1n) is 11.0. The molecular weight excluding hydrogens is 420 g/mol. The molecule has 7 heteroatoms. The van der Waals surface area contributed by atoms with Crippen molar-refractivity contribution in [3.05, 3.63) is 65.9 Å². The van der Waals surface area contributed by atoms with Crippen LogP contribution >= 0.6 is 11.6 Å². The number of H-pyrrole nitrogens is 1. The highest BCUT2D eigenvalue weighted by Crippen LogP contribution is 2.33. The molecule has 1 aliphatic rings. The van der Waals surface area contributed by atoms with Gasteiger partial charge in [-0.3, -0.25) is 0 Å². The lowest BCUT2D eigenvalue weighted by atomic mass is 10.0. The normalized spacial score (nSPS) is 14.9. The predicted molar refractivity (Wildman–Crippen MR) is 133 cm³/mol. The van der Waals surface area contributed by atoms with E-state index >= 15 is 0 Å². The van der Waals surface area contributed by atoms with E-state index in [0.717, 1.165) is 35.2 Å². The van der Waals surface area contributed by atoms with E-state index in [1.807, 2.05) is 30.5 Å². The molecule has 164 valence electrons. The van der Waals surface area contributed by atoms with Crippen LogP contribution in [0.25, 0.3) is 22.2 Å². The number of nitrogens with one attached hydrogen (secondary N) is 2. The molecule has 1 aliphatic heterocycles. The van der Waals surface area contributed by atoms with Gasteiger partial charge in [0.05, 0.1) is 16.9 Å². The molecule has 4 aromatic rings. The standard InChI is InChI=1S/C25H27ClN6/c1-31(2)18-10-12-32(13-11-18)19-7-5-6-17(14-19)29-25-28-16-22(26)24(30-25)21-15-27-23-9-4-3-8-20(21)23/h3-9,14-16,18,27H,10-13H2,1-2H3,(H,28,29,30). The topological polar surface area (TPSA) is 60.1 Å². The van der Waals surface area contributed by atoms with Gasteiger partial charge in [0.1, 0.15) is 0 Å². The first-order valence-corrected chi connectivity index (χ1v) is 11.3. The van der Waals surface area contributed by atoms with Crippen LogP contribution in [0.5, 0.6) is 0 Å². The van der Waals surface area contributed by atoms with E-state index in [9.17, 15) is 0 Å². The average Bonchev–Trinajstić information content (AvgIpc) is 3.25. The number of hydrogen-bond acceptors (Lipinski definition) is 5. The zero-order valence-corrected chi connectivity index (χ0v) is 19.1. The molecule has 0 spiro atoms. The Morgan fingerprint density at radius 3 is 2.72 bits per heavy atom. The Labute approximate surface area is 193 Å². The van der Waals surface area contributed by atoms with Gasteiger partial charge in [-0.05, 0) is 51.2 Å². The number of hydrogen-bond donors (Lipinski definition) is 2. The lowest BCUT2D eigenvalue weighted by Gasteiger charge is -2.36. The van der Waals surface area contributed by atoms with Gasteiger partial charge in [0.25, 0.3) is 0 Å². The van der Waals surface area contributed by atoms with Gasteiger partial charge >= 0.3 is 0 Å². The summed E-state index contributed by atoms with van der Waals surface area (Å²) < 4.78 is 0.